The van der Waals surface area contributed by atoms with Crippen LogP contribution in [0.15, 0.2) is 54.7 Å². The summed E-state index contributed by atoms with van der Waals surface area (Å²) in [6, 6.07) is 15.4. The van der Waals surface area contributed by atoms with Crippen molar-refractivity contribution in [3.05, 3.63) is 65.9 Å². The summed E-state index contributed by atoms with van der Waals surface area (Å²) in [5.74, 6) is 6.62. The van der Waals surface area contributed by atoms with Gasteiger partial charge in [-0.25, -0.2) is 9.50 Å². The molecule has 1 aliphatic heterocycles. The van der Waals surface area contributed by atoms with Crippen molar-refractivity contribution in [2.45, 2.75) is 25.8 Å². The molecule has 4 aromatic rings. The summed E-state index contributed by atoms with van der Waals surface area (Å²) < 4.78 is 13.5. The Labute approximate surface area is 232 Å². The van der Waals surface area contributed by atoms with Crippen LogP contribution >= 0.6 is 0 Å². The molecule has 0 atom stereocenters. The van der Waals surface area contributed by atoms with Gasteiger partial charge < -0.3 is 25.5 Å². The zero-order valence-corrected chi connectivity index (χ0v) is 22.5. The van der Waals surface area contributed by atoms with E-state index in [1.165, 1.54) is 0 Å². The fraction of sp³-hybridized carbons (Fsp3) is 0.345. The Morgan fingerprint density at radius 3 is 2.73 bits per heavy atom. The van der Waals surface area contributed by atoms with Gasteiger partial charge in [0.2, 0.25) is 5.88 Å². The van der Waals surface area contributed by atoms with Gasteiger partial charge in [0, 0.05) is 49.4 Å². The first-order chi connectivity index (χ1) is 19.6. The Morgan fingerprint density at radius 2 is 1.95 bits per heavy atom. The lowest BCUT2D eigenvalue weighted by molar-refractivity contribution is 0.0398. The molecule has 6 rings (SSSR count). The standard InChI is InChI=1S/C29H34N8O3/c1-19-16-20(6-9-22(19)29(38)33-21-7-8-21)25-18-32-28-24(31-10-11-36-12-14-39-15-13-36)17-27(35-37(25)28)40-26-5-3-2-4-23(26)34-30/h2-6,9,16-18,21,31,34H,7-8,10-15,30H2,1H3,(H,33,38). The van der Waals surface area contributed by atoms with Crippen molar-refractivity contribution < 1.29 is 14.3 Å². The Hall–Kier alpha value is -4.19. The summed E-state index contributed by atoms with van der Waals surface area (Å²) in [7, 11) is 0. The number of para-hydroxylation sites is 2. The molecule has 1 saturated carbocycles. The van der Waals surface area contributed by atoms with Gasteiger partial charge >= 0.3 is 0 Å². The minimum absolute atomic E-state index is 0.0302. The zero-order chi connectivity index (χ0) is 27.5. The van der Waals surface area contributed by atoms with Gasteiger partial charge in [0.15, 0.2) is 11.4 Å². The smallest absolute Gasteiger partial charge is 0.251 e. The SMILES string of the molecule is Cc1cc(-c2cnc3c(NCCN4CCOCC4)cc(Oc4ccccc4NN)nn23)ccc1C(=O)NC1CC1. The van der Waals surface area contributed by atoms with Crippen molar-refractivity contribution in [3.8, 4) is 22.9 Å². The summed E-state index contributed by atoms with van der Waals surface area (Å²) in [4.78, 5) is 19.8. The van der Waals surface area contributed by atoms with Crippen molar-refractivity contribution in [2.75, 3.05) is 50.1 Å². The van der Waals surface area contributed by atoms with E-state index < -0.39 is 0 Å². The Bertz CT molecular complexity index is 1510. The molecule has 5 N–H and O–H groups in total. The van der Waals surface area contributed by atoms with Crippen LogP contribution in [0.25, 0.3) is 16.9 Å². The van der Waals surface area contributed by atoms with E-state index in [9.17, 15) is 4.79 Å². The van der Waals surface area contributed by atoms with Crippen molar-refractivity contribution >= 4 is 22.9 Å². The molecule has 1 amide bonds. The van der Waals surface area contributed by atoms with Crippen LogP contribution in [-0.2, 0) is 4.74 Å². The Kier molecular flexibility index (Phi) is 7.49. The third-order valence-corrected chi connectivity index (χ3v) is 7.23. The predicted molar refractivity (Wildman–Crippen MR) is 154 cm³/mol. The van der Waals surface area contributed by atoms with Crippen LogP contribution in [0.4, 0.5) is 11.4 Å². The quantitative estimate of drug-likeness (QED) is 0.176. The highest BCUT2D eigenvalue weighted by Crippen LogP contribution is 2.32. The number of morpholine rings is 1. The number of hydrogen-bond acceptors (Lipinski definition) is 9. The molecular formula is C29H34N8O3. The van der Waals surface area contributed by atoms with Crippen molar-refractivity contribution in [1.29, 1.82) is 0 Å². The lowest BCUT2D eigenvalue weighted by Gasteiger charge is -2.26. The van der Waals surface area contributed by atoms with E-state index >= 15 is 0 Å². The number of nitrogens with two attached hydrogens (primary N) is 1. The number of rotatable bonds is 10. The molecule has 11 heteroatoms. The first kappa shape index (κ1) is 26.1. The molecule has 40 heavy (non-hydrogen) atoms. The largest absolute Gasteiger partial charge is 0.435 e. The third kappa shape index (κ3) is 5.71. The number of carbonyl (C=O) groups is 1. The first-order valence-electron chi connectivity index (χ1n) is 13.7. The molecule has 0 bridgehead atoms. The second-order valence-electron chi connectivity index (χ2n) is 10.2. The van der Waals surface area contributed by atoms with Crippen LogP contribution in [0.5, 0.6) is 11.6 Å². The van der Waals surface area contributed by atoms with Crippen LogP contribution < -0.4 is 26.6 Å². The number of hydrogen-bond donors (Lipinski definition) is 4. The van der Waals surface area contributed by atoms with Gasteiger partial charge in [-0.15, -0.1) is 5.10 Å². The Morgan fingerprint density at radius 1 is 1.12 bits per heavy atom. The van der Waals surface area contributed by atoms with Crippen LogP contribution in [0.3, 0.4) is 0 Å². The number of aromatic nitrogens is 3. The van der Waals surface area contributed by atoms with Gasteiger partial charge in [0.05, 0.1) is 36.5 Å². The van der Waals surface area contributed by atoms with Gasteiger partial charge in [0.1, 0.15) is 0 Å². The van der Waals surface area contributed by atoms with E-state index in [0.717, 1.165) is 74.7 Å². The highest BCUT2D eigenvalue weighted by atomic mass is 16.5. The number of amides is 1. The second-order valence-corrected chi connectivity index (χ2v) is 10.2. The van der Waals surface area contributed by atoms with E-state index in [2.05, 4.69) is 21.0 Å². The third-order valence-electron chi connectivity index (χ3n) is 7.23. The average Bonchev–Trinajstić information content (AvgIpc) is 3.68. The van der Waals surface area contributed by atoms with Crippen LogP contribution in [0.2, 0.25) is 0 Å². The molecule has 0 radical (unpaired) electrons. The van der Waals surface area contributed by atoms with Crippen molar-refractivity contribution in [3.63, 3.8) is 0 Å². The number of carbonyl (C=O) groups excluding carboxylic acids is 1. The number of nitrogens with one attached hydrogen (secondary N) is 3. The fourth-order valence-electron chi connectivity index (χ4n) is 4.85. The molecule has 2 aromatic carbocycles. The van der Waals surface area contributed by atoms with E-state index in [0.29, 0.717) is 34.6 Å². The van der Waals surface area contributed by atoms with Gasteiger partial charge in [-0.05, 0) is 49.6 Å². The van der Waals surface area contributed by atoms with Gasteiger partial charge in [-0.1, -0.05) is 18.2 Å². The number of benzene rings is 2. The monoisotopic (exact) mass is 542 g/mol. The highest BCUT2D eigenvalue weighted by Gasteiger charge is 2.24. The molecule has 0 unspecified atom stereocenters. The maximum atomic E-state index is 12.7. The van der Waals surface area contributed by atoms with Gasteiger partial charge in [-0.3, -0.25) is 15.5 Å². The molecular weight excluding hydrogens is 508 g/mol. The summed E-state index contributed by atoms with van der Waals surface area (Å²) in [6.07, 6.45) is 3.90. The van der Waals surface area contributed by atoms with E-state index in [1.807, 2.05) is 55.5 Å². The van der Waals surface area contributed by atoms with Crippen LogP contribution in [0.1, 0.15) is 28.8 Å². The predicted octanol–water partition coefficient (Wildman–Crippen LogP) is 3.42. The van der Waals surface area contributed by atoms with E-state index in [-0.39, 0.29) is 5.91 Å². The van der Waals surface area contributed by atoms with Crippen molar-refractivity contribution in [1.82, 2.24) is 24.8 Å². The normalized spacial score (nSPS) is 15.7. The minimum Gasteiger partial charge on any atom is -0.435 e. The fourth-order valence-corrected chi connectivity index (χ4v) is 4.85. The molecule has 11 nitrogen and oxygen atoms in total. The first-order valence-corrected chi connectivity index (χ1v) is 13.7. The van der Waals surface area contributed by atoms with Crippen LogP contribution in [0, 0.1) is 6.92 Å². The maximum Gasteiger partial charge on any atom is 0.251 e. The number of aryl methyl sites for hydroxylation is 1. The minimum atomic E-state index is -0.0302. The maximum absolute atomic E-state index is 12.7. The highest BCUT2D eigenvalue weighted by molar-refractivity contribution is 5.96. The molecule has 2 aliphatic rings. The van der Waals surface area contributed by atoms with E-state index in [1.54, 1.807) is 10.7 Å². The number of nitrogens with zero attached hydrogens (tertiary/aromatic N) is 4. The number of nitrogen functional groups attached to an aromatic ring is 1. The number of anilines is 2. The topological polar surface area (TPSA) is 131 Å². The molecule has 2 fully saturated rings. The number of ether oxygens (including phenoxy) is 2. The molecule has 1 saturated heterocycles. The van der Waals surface area contributed by atoms with Crippen LogP contribution in [-0.4, -0.2) is 70.8 Å². The number of imidazole rings is 1. The van der Waals surface area contributed by atoms with Gasteiger partial charge in [0.25, 0.3) is 5.91 Å². The zero-order valence-electron chi connectivity index (χ0n) is 22.5. The molecule has 3 heterocycles. The van der Waals surface area contributed by atoms with Gasteiger partial charge in [-0.2, -0.15) is 0 Å². The summed E-state index contributed by atoms with van der Waals surface area (Å²) in [5.41, 5.74) is 8.07. The lowest BCUT2D eigenvalue weighted by atomic mass is 10.0. The molecule has 2 aromatic heterocycles. The second kappa shape index (κ2) is 11.5. The molecule has 208 valence electrons. The lowest BCUT2D eigenvalue weighted by Crippen LogP contribution is -2.39. The summed E-state index contributed by atoms with van der Waals surface area (Å²) >= 11 is 0. The Balaban J connectivity index is 1.32. The molecule has 0 spiro atoms. The summed E-state index contributed by atoms with van der Waals surface area (Å²) in [6.45, 7) is 6.92. The number of fused-ring (bicyclic) bond motifs is 1. The average molecular weight is 543 g/mol. The van der Waals surface area contributed by atoms with E-state index in [4.69, 9.17) is 25.4 Å². The van der Waals surface area contributed by atoms with Crippen molar-refractivity contribution in [2.24, 2.45) is 5.84 Å². The molecule has 1 aliphatic carbocycles. The summed E-state index contributed by atoms with van der Waals surface area (Å²) in [5, 5.41) is 11.4. The number of hydrazine groups is 1.